The van der Waals surface area contributed by atoms with Crippen LogP contribution >= 0.6 is 0 Å². The molecule has 0 unspecified atom stereocenters. The van der Waals surface area contributed by atoms with Crippen LogP contribution < -0.4 is 15.8 Å². The lowest BCUT2D eigenvalue weighted by Crippen LogP contribution is -2.14. The number of hydrogen-bond acceptors (Lipinski definition) is 5. The number of hydrazone groups is 1. The summed E-state index contributed by atoms with van der Waals surface area (Å²) in [5.74, 6) is 0.813. The molecule has 0 bridgehead atoms. The van der Waals surface area contributed by atoms with E-state index in [0.29, 0.717) is 17.6 Å². The first kappa shape index (κ1) is 14.5. The van der Waals surface area contributed by atoms with Crippen molar-refractivity contribution in [1.29, 1.82) is 0 Å². The molecule has 1 atom stereocenters. The van der Waals surface area contributed by atoms with E-state index in [-0.39, 0.29) is 11.7 Å². The molecular weight excluding hydrogens is 304 g/mol. The van der Waals surface area contributed by atoms with Gasteiger partial charge in [0.25, 0.3) is 0 Å². The SMILES string of the molecule is COc1ccc([C@H]2CC(c3cc4ccccc4oc3=O)=NN2)cc1. The molecule has 4 rings (SSSR count). The van der Waals surface area contributed by atoms with Crippen molar-refractivity contribution in [2.45, 2.75) is 12.5 Å². The van der Waals surface area contributed by atoms with E-state index in [0.717, 1.165) is 22.4 Å². The van der Waals surface area contributed by atoms with E-state index in [4.69, 9.17) is 9.15 Å². The van der Waals surface area contributed by atoms with Crippen LogP contribution in [0.5, 0.6) is 5.75 Å². The van der Waals surface area contributed by atoms with Crippen LogP contribution in [-0.4, -0.2) is 12.8 Å². The summed E-state index contributed by atoms with van der Waals surface area (Å²) < 4.78 is 10.6. The molecule has 1 aliphatic heterocycles. The van der Waals surface area contributed by atoms with Crippen LogP contribution in [-0.2, 0) is 0 Å². The number of ether oxygens (including phenoxy) is 1. The average molecular weight is 320 g/mol. The Hall–Kier alpha value is -3.08. The van der Waals surface area contributed by atoms with Crippen LogP contribution in [0.4, 0.5) is 0 Å². The number of para-hydroxylation sites is 1. The van der Waals surface area contributed by atoms with Crippen molar-refractivity contribution in [1.82, 2.24) is 5.43 Å². The summed E-state index contributed by atoms with van der Waals surface area (Å²) in [5, 5.41) is 5.24. The standard InChI is InChI=1S/C19H16N2O3/c1-23-14-8-6-12(7-9-14)16-11-17(21-20-16)15-10-13-4-2-3-5-18(13)24-19(15)22/h2-10,16,20H,11H2,1H3/t16-/m1/s1. The Kier molecular flexibility index (Phi) is 3.54. The minimum atomic E-state index is -0.357. The monoisotopic (exact) mass is 320 g/mol. The molecule has 0 saturated heterocycles. The molecule has 3 aromatic rings. The van der Waals surface area contributed by atoms with Gasteiger partial charge in [0.1, 0.15) is 11.3 Å². The summed E-state index contributed by atoms with van der Waals surface area (Å²) in [6.45, 7) is 0. The highest BCUT2D eigenvalue weighted by Gasteiger charge is 2.23. The van der Waals surface area contributed by atoms with E-state index < -0.39 is 0 Å². The molecule has 0 fully saturated rings. The average Bonchev–Trinajstić information content (AvgIpc) is 3.11. The van der Waals surface area contributed by atoms with Gasteiger partial charge < -0.3 is 14.6 Å². The Labute approximate surface area is 138 Å². The van der Waals surface area contributed by atoms with E-state index in [1.54, 1.807) is 13.2 Å². The Morgan fingerprint density at radius 3 is 2.75 bits per heavy atom. The van der Waals surface area contributed by atoms with Crippen molar-refractivity contribution >= 4 is 16.7 Å². The predicted octanol–water partition coefficient (Wildman–Crippen LogP) is 3.24. The van der Waals surface area contributed by atoms with Crippen LogP contribution in [0.2, 0.25) is 0 Å². The summed E-state index contributed by atoms with van der Waals surface area (Å²) in [4.78, 5) is 12.3. The smallest absolute Gasteiger partial charge is 0.345 e. The Balaban J connectivity index is 1.62. The fourth-order valence-corrected chi connectivity index (χ4v) is 2.90. The zero-order chi connectivity index (χ0) is 16.5. The van der Waals surface area contributed by atoms with Crippen molar-refractivity contribution in [2.24, 2.45) is 5.10 Å². The predicted molar refractivity (Wildman–Crippen MR) is 92.5 cm³/mol. The van der Waals surface area contributed by atoms with Gasteiger partial charge in [-0.1, -0.05) is 30.3 Å². The van der Waals surface area contributed by atoms with Crippen molar-refractivity contribution in [3.8, 4) is 5.75 Å². The maximum absolute atomic E-state index is 12.3. The number of nitrogens with zero attached hydrogens (tertiary/aromatic N) is 1. The van der Waals surface area contributed by atoms with Crippen LogP contribution in [0, 0.1) is 0 Å². The zero-order valence-corrected chi connectivity index (χ0v) is 13.2. The number of methoxy groups -OCH3 is 1. The molecule has 1 aromatic heterocycles. The second kappa shape index (κ2) is 5.85. The van der Waals surface area contributed by atoms with Gasteiger partial charge in [-0.2, -0.15) is 5.10 Å². The molecule has 2 aromatic carbocycles. The molecule has 1 aliphatic rings. The van der Waals surface area contributed by atoms with Gasteiger partial charge in [-0.15, -0.1) is 0 Å². The van der Waals surface area contributed by atoms with Crippen LogP contribution in [0.1, 0.15) is 23.6 Å². The lowest BCUT2D eigenvalue weighted by molar-refractivity contribution is 0.414. The largest absolute Gasteiger partial charge is 0.497 e. The van der Waals surface area contributed by atoms with Gasteiger partial charge >= 0.3 is 5.63 Å². The van der Waals surface area contributed by atoms with E-state index in [1.807, 2.05) is 48.5 Å². The lowest BCUT2D eigenvalue weighted by Gasteiger charge is -2.10. The maximum Gasteiger partial charge on any atom is 0.345 e. The van der Waals surface area contributed by atoms with Crippen molar-refractivity contribution in [2.75, 3.05) is 7.11 Å². The number of fused-ring (bicyclic) bond motifs is 1. The highest BCUT2D eigenvalue weighted by Crippen LogP contribution is 2.26. The molecular formula is C19H16N2O3. The summed E-state index contributed by atoms with van der Waals surface area (Å²) in [7, 11) is 1.64. The third kappa shape index (κ3) is 2.54. The Bertz CT molecular complexity index is 974. The minimum Gasteiger partial charge on any atom is -0.497 e. The highest BCUT2D eigenvalue weighted by atomic mass is 16.5. The molecule has 0 saturated carbocycles. The quantitative estimate of drug-likeness (QED) is 0.753. The number of hydrogen-bond donors (Lipinski definition) is 1. The van der Waals surface area contributed by atoms with Crippen molar-refractivity contribution in [3.05, 3.63) is 76.1 Å². The van der Waals surface area contributed by atoms with Crippen LogP contribution in [0.25, 0.3) is 11.0 Å². The summed E-state index contributed by atoms with van der Waals surface area (Å²) in [6, 6.07) is 17.2. The molecule has 5 nitrogen and oxygen atoms in total. The first-order chi connectivity index (χ1) is 11.7. The van der Waals surface area contributed by atoms with Crippen LogP contribution in [0.15, 0.2) is 68.9 Å². The molecule has 120 valence electrons. The first-order valence-electron chi connectivity index (χ1n) is 7.74. The maximum atomic E-state index is 12.3. The molecule has 0 spiro atoms. The fourth-order valence-electron chi connectivity index (χ4n) is 2.90. The summed E-state index contributed by atoms with van der Waals surface area (Å²) in [5.41, 5.74) is 5.66. The zero-order valence-electron chi connectivity index (χ0n) is 13.2. The second-order valence-electron chi connectivity index (χ2n) is 5.70. The van der Waals surface area contributed by atoms with Gasteiger partial charge in [0.15, 0.2) is 0 Å². The van der Waals surface area contributed by atoms with Gasteiger partial charge in [0, 0.05) is 11.8 Å². The molecule has 0 radical (unpaired) electrons. The van der Waals surface area contributed by atoms with Crippen molar-refractivity contribution < 1.29 is 9.15 Å². The van der Waals surface area contributed by atoms with Gasteiger partial charge in [-0.25, -0.2) is 4.79 Å². The highest BCUT2D eigenvalue weighted by molar-refractivity contribution is 6.03. The van der Waals surface area contributed by atoms with E-state index in [9.17, 15) is 4.79 Å². The number of nitrogens with one attached hydrogen (secondary N) is 1. The van der Waals surface area contributed by atoms with Gasteiger partial charge in [-0.3, -0.25) is 0 Å². The third-order valence-electron chi connectivity index (χ3n) is 4.22. The first-order valence-corrected chi connectivity index (χ1v) is 7.74. The molecule has 1 N–H and O–H groups in total. The topological polar surface area (TPSA) is 63.8 Å². The van der Waals surface area contributed by atoms with E-state index >= 15 is 0 Å². The molecule has 0 amide bonds. The lowest BCUT2D eigenvalue weighted by atomic mass is 9.99. The molecule has 2 heterocycles. The Morgan fingerprint density at radius 1 is 1.17 bits per heavy atom. The summed E-state index contributed by atoms with van der Waals surface area (Å²) >= 11 is 0. The van der Waals surface area contributed by atoms with Crippen molar-refractivity contribution in [3.63, 3.8) is 0 Å². The second-order valence-corrected chi connectivity index (χ2v) is 5.70. The minimum absolute atomic E-state index is 0.0387. The van der Waals surface area contributed by atoms with Gasteiger partial charge in [0.05, 0.1) is 24.4 Å². The van der Waals surface area contributed by atoms with Crippen LogP contribution in [0.3, 0.4) is 0 Å². The normalized spacial score (nSPS) is 16.7. The molecule has 5 heteroatoms. The molecule has 24 heavy (non-hydrogen) atoms. The number of benzene rings is 2. The van der Waals surface area contributed by atoms with E-state index in [2.05, 4.69) is 10.5 Å². The number of rotatable bonds is 3. The molecule has 0 aliphatic carbocycles. The van der Waals surface area contributed by atoms with E-state index in [1.165, 1.54) is 0 Å². The Morgan fingerprint density at radius 2 is 1.96 bits per heavy atom. The summed E-state index contributed by atoms with van der Waals surface area (Å²) in [6.07, 6.45) is 0.634. The third-order valence-corrected chi connectivity index (χ3v) is 4.22. The fraction of sp³-hybridized carbons (Fsp3) is 0.158. The van der Waals surface area contributed by atoms with Gasteiger partial charge in [0.2, 0.25) is 0 Å². The van der Waals surface area contributed by atoms with Gasteiger partial charge in [-0.05, 0) is 29.8 Å².